The monoisotopic (exact) mass is 353 g/mol. The van der Waals surface area contributed by atoms with Gasteiger partial charge in [-0.1, -0.05) is 18.2 Å². The van der Waals surface area contributed by atoms with Crippen molar-refractivity contribution in [2.45, 2.75) is 43.8 Å². The van der Waals surface area contributed by atoms with Crippen LogP contribution in [0.3, 0.4) is 0 Å². The lowest BCUT2D eigenvalue weighted by Crippen LogP contribution is -2.49. The predicted octanol–water partition coefficient (Wildman–Crippen LogP) is 1.36. The molecule has 1 fully saturated rings. The van der Waals surface area contributed by atoms with Crippen LogP contribution < -0.4 is 26.4 Å². The lowest BCUT2D eigenvalue weighted by atomic mass is 9.88. The Balaban J connectivity index is 1.61. The average molecular weight is 353 g/mol. The van der Waals surface area contributed by atoms with E-state index in [4.69, 9.17) is 10.5 Å². The van der Waals surface area contributed by atoms with Crippen molar-refractivity contribution < 1.29 is 4.74 Å². The molecule has 26 heavy (non-hydrogen) atoms. The molecular formula is C19H23N5O2. The Morgan fingerprint density at radius 2 is 2.08 bits per heavy atom. The summed E-state index contributed by atoms with van der Waals surface area (Å²) in [5, 5.41) is 3.60. The van der Waals surface area contributed by atoms with Gasteiger partial charge in [-0.15, -0.1) is 0 Å². The van der Waals surface area contributed by atoms with Gasteiger partial charge in [-0.25, -0.2) is 4.79 Å². The van der Waals surface area contributed by atoms with Crippen LogP contribution in [0.15, 0.2) is 29.1 Å². The number of fused-ring (bicyclic) bond motifs is 2. The highest BCUT2D eigenvalue weighted by molar-refractivity contribution is 5.60. The van der Waals surface area contributed by atoms with Gasteiger partial charge in [0, 0.05) is 24.3 Å². The van der Waals surface area contributed by atoms with Gasteiger partial charge in [0.25, 0.3) is 0 Å². The SMILES string of the molecule is Nc1[nH]c(=O)nc2c1C(C1CCc3ccccc3N1C1CC1)NCCO2. The molecule has 1 aromatic heterocycles. The number of aromatic amines is 1. The number of nitrogens with one attached hydrogen (secondary N) is 2. The fourth-order valence-corrected chi connectivity index (χ4v) is 4.42. The molecular weight excluding hydrogens is 330 g/mol. The van der Waals surface area contributed by atoms with E-state index in [1.807, 2.05) is 0 Å². The number of aromatic nitrogens is 2. The van der Waals surface area contributed by atoms with Crippen molar-refractivity contribution in [1.29, 1.82) is 0 Å². The number of para-hydroxylation sites is 1. The molecule has 2 aromatic rings. The van der Waals surface area contributed by atoms with E-state index >= 15 is 0 Å². The third-order valence-electron chi connectivity index (χ3n) is 5.64. The third-order valence-corrected chi connectivity index (χ3v) is 5.64. The van der Waals surface area contributed by atoms with E-state index in [9.17, 15) is 4.79 Å². The molecule has 3 aliphatic rings. The molecule has 0 bridgehead atoms. The number of rotatable bonds is 2. The molecule has 7 nitrogen and oxygen atoms in total. The number of anilines is 2. The number of ether oxygens (including phenoxy) is 1. The molecule has 0 spiro atoms. The second-order valence-electron chi connectivity index (χ2n) is 7.33. The first-order chi connectivity index (χ1) is 12.7. The summed E-state index contributed by atoms with van der Waals surface area (Å²) in [6, 6.07) is 9.49. The number of nitrogen functional groups attached to an aromatic ring is 1. The number of nitrogens with zero attached hydrogens (tertiary/aromatic N) is 2. The third kappa shape index (κ3) is 2.54. The number of hydrogen-bond acceptors (Lipinski definition) is 6. The van der Waals surface area contributed by atoms with Gasteiger partial charge in [0.1, 0.15) is 12.4 Å². The first-order valence-electron chi connectivity index (χ1n) is 9.34. The molecule has 0 amide bonds. The minimum atomic E-state index is -0.463. The van der Waals surface area contributed by atoms with Crippen LogP contribution in [0.25, 0.3) is 0 Å². The van der Waals surface area contributed by atoms with Crippen molar-refractivity contribution in [2.75, 3.05) is 23.8 Å². The van der Waals surface area contributed by atoms with E-state index in [2.05, 4.69) is 44.5 Å². The Hall–Kier alpha value is -2.54. The summed E-state index contributed by atoms with van der Waals surface area (Å²) in [5.41, 5.74) is 9.27. The average Bonchev–Trinajstić information content (AvgIpc) is 3.47. The van der Waals surface area contributed by atoms with Crippen molar-refractivity contribution in [2.24, 2.45) is 0 Å². The molecule has 136 valence electrons. The second kappa shape index (κ2) is 6.02. The minimum Gasteiger partial charge on any atom is -0.476 e. The predicted molar refractivity (Wildman–Crippen MR) is 99.6 cm³/mol. The summed E-state index contributed by atoms with van der Waals surface area (Å²) in [5.74, 6) is 0.727. The van der Waals surface area contributed by atoms with Gasteiger partial charge >= 0.3 is 5.69 Å². The summed E-state index contributed by atoms with van der Waals surface area (Å²) in [4.78, 5) is 21.0. The van der Waals surface area contributed by atoms with Crippen LogP contribution in [0.1, 0.15) is 36.4 Å². The van der Waals surface area contributed by atoms with Crippen LogP contribution in [0.5, 0.6) is 5.88 Å². The molecule has 1 saturated carbocycles. The Morgan fingerprint density at radius 1 is 1.23 bits per heavy atom. The summed E-state index contributed by atoms with van der Waals surface area (Å²) in [6.07, 6.45) is 4.51. The molecule has 4 N–H and O–H groups in total. The minimum absolute atomic E-state index is 0.0224. The van der Waals surface area contributed by atoms with Gasteiger partial charge in [-0.3, -0.25) is 4.98 Å². The van der Waals surface area contributed by atoms with Gasteiger partial charge in [0.05, 0.1) is 11.6 Å². The maximum Gasteiger partial charge on any atom is 0.349 e. The molecule has 1 aliphatic carbocycles. The molecule has 5 rings (SSSR count). The van der Waals surface area contributed by atoms with Crippen molar-refractivity contribution in [3.05, 3.63) is 45.9 Å². The maximum atomic E-state index is 11.7. The van der Waals surface area contributed by atoms with E-state index in [0.29, 0.717) is 30.9 Å². The number of hydrogen-bond donors (Lipinski definition) is 3. The Bertz CT molecular complexity index is 892. The van der Waals surface area contributed by atoms with Crippen LogP contribution >= 0.6 is 0 Å². The van der Waals surface area contributed by atoms with E-state index in [1.54, 1.807) is 0 Å². The Labute approximate surface area is 151 Å². The van der Waals surface area contributed by atoms with Crippen molar-refractivity contribution >= 4 is 11.5 Å². The standard InChI is InChI=1S/C19H23N5O2/c20-17-15-16(21-9-10-26-18(15)23-19(25)22-17)14-8-5-11-3-1-2-4-13(11)24(14)12-6-7-12/h1-4,12,14,16,21H,5-10H2,(H3,20,22,23,25). The second-order valence-corrected chi connectivity index (χ2v) is 7.33. The molecule has 3 heterocycles. The van der Waals surface area contributed by atoms with Gasteiger partial charge < -0.3 is 20.7 Å². The topological polar surface area (TPSA) is 96.3 Å². The maximum absolute atomic E-state index is 11.7. The normalized spacial score (nSPS) is 25.0. The number of H-pyrrole nitrogens is 1. The molecule has 2 atom stereocenters. The highest BCUT2D eigenvalue weighted by Crippen LogP contribution is 2.44. The van der Waals surface area contributed by atoms with Gasteiger partial charge in [0.15, 0.2) is 0 Å². The highest BCUT2D eigenvalue weighted by atomic mass is 16.5. The lowest BCUT2D eigenvalue weighted by Gasteiger charge is -2.43. The zero-order chi connectivity index (χ0) is 17.7. The first-order valence-corrected chi connectivity index (χ1v) is 9.34. The molecule has 2 unspecified atom stereocenters. The van der Waals surface area contributed by atoms with Gasteiger partial charge in [-0.05, 0) is 37.3 Å². The van der Waals surface area contributed by atoms with Gasteiger partial charge in [-0.2, -0.15) is 4.98 Å². The van der Waals surface area contributed by atoms with Crippen LogP contribution in [-0.2, 0) is 6.42 Å². The summed E-state index contributed by atoms with van der Waals surface area (Å²) in [7, 11) is 0. The van der Waals surface area contributed by atoms with Gasteiger partial charge in [0.2, 0.25) is 5.88 Å². The van der Waals surface area contributed by atoms with E-state index in [0.717, 1.165) is 18.4 Å². The van der Waals surface area contributed by atoms with Crippen LogP contribution in [0.4, 0.5) is 11.5 Å². The highest BCUT2D eigenvalue weighted by Gasteiger charge is 2.43. The summed E-state index contributed by atoms with van der Waals surface area (Å²) < 4.78 is 5.72. The van der Waals surface area contributed by atoms with Crippen molar-refractivity contribution in [3.8, 4) is 5.88 Å². The quantitative estimate of drug-likeness (QED) is 0.754. The summed E-state index contributed by atoms with van der Waals surface area (Å²) in [6.45, 7) is 1.18. The van der Waals surface area contributed by atoms with E-state index in [-0.39, 0.29) is 12.1 Å². The molecule has 2 aliphatic heterocycles. The zero-order valence-electron chi connectivity index (χ0n) is 14.6. The lowest BCUT2D eigenvalue weighted by molar-refractivity contribution is 0.309. The van der Waals surface area contributed by atoms with E-state index in [1.165, 1.54) is 24.1 Å². The smallest absolute Gasteiger partial charge is 0.349 e. The van der Waals surface area contributed by atoms with Crippen LogP contribution in [0, 0.1) is 0 Å². The Kier molecular flexibility index (Phi) is 3.63. The van der Waals surface area contributed by atoms with Crippen molar-refractivity contribution in [1.82, 2.24) is 15.3 Å². The zero-order valence-corrected chi connectivity index (χ0v) is 14.6. The fourth-order valence-electron chi connectivity index (χ4n) is 4.42. The molecule has 0 saturated heterocycles. The molecule has 1 aromatic carbocycles. The number of nitrogens with two attached hydrogens (primary N) is 1. The first kappa shape index (κ1) is 15.7. The molecule has 0 radical (unpaired) electrons. The molecule has 7 heteroatoms. The van der Waals surface area contributed by atoms with Crippen molar-refractivity contribution in [3.63, 3.8) is 0 Å². The summed E-state index contributed by atoms with van der Waals surface area (Å²) >= 11 is 0. The fraction of sp³-hybridized carbons (Fsp3) is 0.474. The Morgan fingerprint density at radius 3 is 2.92 bits per heavy atom. The van der Waals surface area contributed by atoms with Crippen LogP contribution in [0.2, 0.25) is 0 Å². The number of aryl methyl sites for hydroxylation is 1. The largest absolute Gasteiger partial charge is 0.476 e. The van der Waals surface area contributed by atoms with Crippen LogP contribution in [-0.4, -0.2) is 35.2 Å². The number of benzene rings is 1. The van der Waals surface area contributed by atoms with E-state index < -0.39 is 5.69 Å².